The molecule has 2 N–H and O–H groups in total. The molecule has 0 spiro atoms. The maximum atomic E-state index is 5.37. The van der Waals surface area contributed by atoms with Crippen LogP contribution in [-0.4, -0.2) is 48.8 Å². The van der Waals surface area contributed by atoms with Gasteiger partial charge in [0.15, 0.2) is 11.5 Å². The van der Waals surface area contributed by atoms with Crippen LogP contribution in [0.5, 0.6) is 11.5 Å². The highest BCUT2D eigenvalue weighted by Crippen LogP contribution is 2.34. The van der Waals surface area contributed by atoms with E-state index < -0.39 is 0 Å². The highest BCUT2D eigenvalue weighted by atomic mass is 16.7. The number of aromatic nitrogens is 2. The molecule has 0 saturated carbocycles. The first kappa shape index (κ1) is 15.4. The lowest BCUT2D eigenvalue weighted by Gasteiger charge is -2.11. The Kier molecular flexibility index (Phi) is 4.77. The van der Waals surface area contributed by atoms with Crippen molar-refractivity contribution in [2.24, 2.45) is 0 Å². The molecule has 0 saturated heterocycles. The van der Waals surface area contributed by atoms with Crippen LogP contribution < -0.4 is 20.1 Å². The Morgan fingerprint density at radius 3 is 2.78 bits per heavy atom. The fourth-order valence-electron chi connectivity index (χ4n) is 2.26. The second kappa shape index (κ2) is 7.15. The van der Waals surface area contributed by atoms with Crippen molar-refractivity contribution in [3.05, 3.63) is 30.6 Å². The van der Waals surface area contributed by atoms with Crippen LogP contribution in [0.15, 0.2) is 30.6 Å². The van der Waals surface area contributed by atoms with Gasteiger partial charge in [0.1, 0.15) is 18.0 Å². The maximum absolute atomic E-state index is 5.37. The highest BCUT2D eigenvalue weighted by Gasteiger charge is 2.13. The zero-order chi connectivity index (χ0) is 16.1. The number of fused-ring (bicyclic) bond motifs is 1. The van der Waals surface area contributed by atoms with Gasteiger partial charge in [-0.05, 0) is 39.2 Å². The average Bonchev–Trinajstić information content (AvgIpc) is 2.99. The zero-order valence-corrected chi connectivity index (χ0v) is 13.4. The molecule has 2 aromatic rings. The standard InChI is InChI=1S/C16H21N5O2/c1-21(2)7-3-6-17-15-9-16(19-10-18-15)20-12-4-5-13-14(8-12)23-11-22-13/h4-5,8-10H,3,6-7,11H2,1-2H3,(H2,17,18,19,20). The van der Waals surface area contributed by atoms with E-state index in [-0.39, 0.29) is 6.79 Å². The minimum absolute atomic E-state index is 0.271. The van der Waals surface area contributed by atoms with Crippen LogP contribution in [0.1, 0.15) is 6.42 Å². The Balaban J connectivity index is 1.59. The third-order valence-electron chi connectivity index (χ3n) is 3.40. The molecule has 0 bridgehead atoms. The first-order valence-corrected chi connectivity index (χ1v) is 7.58. The lowest BCUT2D eigenvalue weighted by Crippen LogP contribution is -2.16. The van der Waals surface area contributed by atoms with Crippen molar-refractivity contribution in [2.75, 3.05) is 44.6 Å². The summed E-state index contributed by atoms with van der Waals surface area (Å²) < 4.78 is 10.7. The first-order chi connectivity index (χ1) is 11.2. The Bertz CT molecular complexity index is 663. The van der Waals surface area contributed by atoms with E-state index in [1.807, 2.05) is 24.3 Å². The number of hydrogen-bond donors (Lipinski definition) is 2. The molecule has 3 rings (SSSR count). The van der Waals surface area contributed by atoms with Crippen molar-refractivity contribution in [2.45, 2.75) is 6.42 Å². The van der Waals surface area contributed by atoms with Gasteiger partial charge in [0.25, 0.3) is 0 Å². The minimum Gasteiger partial charge on any atom is -0.454 e. The van der Waals surface area contributed by atoms with Crippen molar-refractivity contribution in [1.82, 2.24) is 14.9 Å². The molecule has 0 fully saturated rings. The van der Waals surface area contributed by atoms with E-state index >= 15 is 0 Å². The molecule has 7 heteroatoms. The van der Waals surface area contributed by atoms with Crippen LogP contribution >= 0.6 is 0 Å². The van der Waals surface area contributed by atoms with E-state index in [9.17, 15) is 0 Å². The summed E-state index contributed by atoms with van der Waals surface area (Å²) in [5.74, 6) is 3.04. The smallest absolute Gasteiger partial charge is 0.231 e. The molecule has 0 unspecified atom stereocenters. The van der Waals surface area contributed by atoms with Gasteiger partial charge in [0.05, 0.1) is 0 Å². The van der Waals surface area contributed by atoms with Crippen molar-refractivity contribution in [1.29, 1.82) is 0 Å². The van der Waals surface area contributed by atoms with Gasteiger partial charge >= 0.3 is 0 Å². The Morgan fingerprint density at radius 2 is 1.91 bits per heavy atom. The van der Waals surface area contributed by atoms with Crippen LogP contribution in [0.4, 0.5) is 17.3 Å². The first-order valence-electron chi connectivity index (χ1n) is 7.58. The van der Waals surface area contributed by atoms with Gasteiger partial charge in [0, 0.05) is 24.4 Å². The van der Waals surface area contributed by atoms with Gasteiger partial charge in [-0.2, -0.15) is 0 Å². The number of benzene rings is 1. The average molecular weight is 315 g/mol. The second-order valence-electron chi connectivity index (χ2n) is 5.57. The quantitative estimate of drug-likeness (QED) is 0.760. The maximum Gasteiger partial charge on any atom is 0.231 e. The number of nitrogens with zero attached hydrogens (tertiary/aromatic N) is 3. The largest absolute Gasteiger partial charge is 0.454 e. The van der Waals surface area contributed by atoms with Gasteiger partial charge in [-0.15, -0.1) is 0 Å². The summed E-state index contributed by atoms with van der Waals surface area (Å²) in [6, 6.07) is 7.60. The van der Waals surface area contributed by atoms with Gasteiger partial charge in [0.2, 0.25) is 6.79 Å². The summed E-state index contributed by atoms with van der Waals surface area (Å²) in [4.78, 5) is 10.6. The molecule has 122 valence electrons. The lowest BCUT2D eigenvalue weighted by molar-refractivity contribution is 0.174. The molecule has 7 nitrogen and oxygen atoms in total. The fourth-order valence-corrected chi connectivity index (χ4v) is 2.26. The predicted octanol–water partition coefficient (Wildman–Crippen LogP) is 2.31. The molecule has 1 aliphatic rings. The minimum atomic E-state index is 0.271. The van der Waals surface area contributed by atoms with E-state index in [0.29, 0.717) is 0 Å². The van der Waals surface area contributed by atoms with Crippen molar-refractivity contribution >= 4 is 17.3 Å². The molecular formula is C16H21N5O2. The van der Waals surface area contributed by atoms with Crippen LogP contribution in [0.25, 0.3) is 0 Å². The third kappa shape index (κ3) is 4.23. The van der Waals surface area contributed by atoms with Gasteiger partial charge < -0.3 is 25.0 Å². The van der Waals surface area contributed by atoms with Crippen molar-refractivity contribution < 1.29 is 9.47 Å². The highest BCUT2D eigenvalue weighted by molar-refractivity contribution is 5.63. The topological polar surface area (TPSA) is 71.5 Å². The van der Waals surface area contributed by atoms with E-state index in [0.717, 1.165) is 48.3 Å². The summed E-state index contributed by atoms with van der Waals surface area (Å²) in [7, 11) is 4.14. The van der Waals surface area contributed by atoms with E-state index in [1.54, 1.807) is 6.33 Å². The van der Waals surface area contributed by atoms with Crippen LogP contribution in [0, 0.1) is 0 Å². The molecule has 2 heterocycles. The molecule has 0 aliphatic carbocycles. The lowest BCUT2D eigenvalue weighted by atomic mass is 10.3. The third-order valence-corrected chi connectivity index (χ3v) is 3.40. The number of hydrogen-bond acceptors (Lipinski definition) is 7. The van der Waals surface area contributed by atoms with Crippen molar-refractivity contribution in [3.63, 3.8) is 0 Å². The molecule has 1 aliphatic heterocycles. The summed E-state index contributed by atoms with van der Waals surface area (Å²) in [5.41, 5.74) is 0.895. The van der Waals surface area contributed by atoms with Gasteiger partial charge in [-0.3, -0.25) is 0 Å². The Labute approximate surface area is 135 Å². The van der Waals surface area contributed by atoms with Crippen molar-refractivity contribution in [3.8, 4) is 11.5 Å². The Hall–Kier alpha value is -2.54. The van der Waals surface area contributed by atoms with Gasteiger partial charge in [-0.1, -0.05) is 0 Å². The molecule has 1 aromatic heterocycles. The summed E-state index contributed by atoms with van der Waals surface area (Å²) in [6.45, 7) is 2.19. The normalized spacial score (nSPS) is 12.5. The van der Waals surface area contributed by atoms with Gasteiger partial charge in [-0.25, -0.2) is 9.97 Å². The van der Waals surface area contributed by atoms with Crippen LogP contribution in [0.2, 0.25) is 0 Å². The number of ether oxygens (including phenoxy) is 2. The monoisotopic (exact) mass is 315 g/mol. The zero-order valence-electron chi connectivity index (χ0n) is 13.4. The summed E-state index contributed by atoms with van der Waals surface area (Å²) in [6.07, 6.45) is 2.60. The Morgan fingerprint density at radius 1 is 1.09 bits per heavy atom. The molecule has 0 atom stereocenters. The molecular weight excluding hydrogens is 294 g/mol. The fraction of sp³-hybridized carbons (Fsp3) is 0.375. The van der Waals surface area contributed by atoms with Crippen LogP contribution in [-0.2, 0) is 0 Å². The number of nitrogens with one attached hydrogen (secondary N) is 2. The number of rotatable bonds is 7. The molecule has 1 aromatic carbocycles. The SMILES string of the molecule is CN(C)CCCNc1cc(Nc2ccc3c(c2)OCO3)ncn1. The summed E-state index contributed by atoms with van der Waals surface area (Å²) in [5, 5.41) is 6.55. The number of anilines is 3. The molecule has 23 heavy (non-hydrogen) atoms. The summed E-state index contributed by atoms with van der Waals surface area (Å²) >= 11 is 0. The van der Waals surface area contributed by atoms with E-state index in [2.05, 4.69) is 39.6 Å². The molecule has 0 amide bonds. The van der Waals surface area contributed by atoms with Crippen LogP contribution in [0.3, 0.4) is 0 Å². The van der Waals surface area contributed by atoms with E-state index in [1.165, 1.54) is 0 Å². The van der Waals surface area contributed by atoms with E-state index in [4.69, 9.17) is 9.47 Å². The predicted molar refractivity (Wildman–Crippen MR) is 89.5 cm³/mol. The molecule has 0 radical (unpaired) electrons. The second-order valence-corrected chi connectivity index (χ2v) is 5.57.